The van der Waals surface area contributed by atoms with Crippen molar-refractivity contribution in [3.05, 3.63) is 18.2 Å². The summed E-state index contributed by atoms with van der Waals surface area (Å²) in [4.78, 5) is 0.195. The Kier molecular flexibility index (Phi) is 4.75. The molecule has 1 aromatic carbocycles. The molecule has 118 valence electrons. The summed E-state index contributed by atoms with van der Waals surface area (Å²) >= 11 is 0. The maximum absolute atomic E-state index is 12.8. The third-order valence-corrected chi connectivity index (χ3v) is 5.64. The van der Waals surface area contributed by atoms with E-state index in [0.717, 1.165) is 0 Å². The van der Waals surface area contributed by atoms with Crippen LogP contribution in [0, 0.1) is 0 Å². The van der Waals surface area contributed by atoms with Gasteiger partial charge in [0.1, 0.15) is 0 Å². The van der Waals surface area contributed by atoms with Gasteiger partial charge in [0.2, 0.25) is 10.0 Å². The largest absolute Gasteiger partial charge is 0.493 e. The molecule has 0 saturated carbocycles. The molecule has 1 aliphatic rings. The van der Waals surface area contributed by atoms with Crippen molar-refractivity contribution in [3.8, 4) is 11.5 Å². The van der Waals surface area contributed by atoms with Crippen molar-refractivity contribution < 1.29 is 22.6 Å². The Labute approximate surface area is 125 Å². The molecule has 2 atom stereocenters. The lowest BCUT2D eigenvalue weighted by molar-refractivity contribution is 0.00635. The Morgan fingerprint density at radius 2 is 1.67 bits per heavy atom. The fourth-order valence-electron chi connectivity index (χ4n) is 2.56. The predicted molar refractivity (Wildman–Crippen MR) is 78.3 cm³/mol. The smallest absolute Gasteiger partial charge is 0.243 e. The standard InChI is InChI=1S/C14H21NO5S/c1-10-8-20-9-11(2)15(10)21(16,17)12-5-6-13(18-3)14(7-12)19-4/h5-7,10-11H,8-9H2,1-4H3. The molecule has 21 heavy (non-hydrogen) atoms. The molecule has 1 fully saturated rings. The number of nitrogens with zero attached hydrogens (tertiary/aromatic N) is 1. The molecule has 0 N–H and O–H groups in total. The quantitative estimate of drug-likeness (QED) is 0.842. The number of ether oxygens (including phenoxy) is 3. The van der Waals surface area contributed by atoms with Gasteiger partial charge < -0.3 is 14.2 Å². The molecular weight excluding hydrogens is 294 g/mol. The summed E-state index contributed by atoms with van der Waals surface area (Å²) in [5.74, 6) is 0.895. The molecular formula is C14H21NO5S. The van der Waals surface area contributed by atoms with Crippen molar-refractivity contribution >= 4 is 10.0 Å². The first-order chi connectivity index (χ1) is 9.91. The van der Waals surface area contributed by atoms with E-state index in [4.69, 9.17) is 14.2 Å². The van der Waals surface area contributed by atoms with Crippen molar-refractivity contribution in [3.63, 3.8) is 0 Å². The van der Waals surface area contributed by atoms with Crippen molar-refractivity contribution in [1.82, 2.24) is 4.31 Å². The second-order valence-corrected chi connectivity index (χ2v) is 6.93. The summed E-state index contributed by atoms with van der Waals surface area (Å²) < 4.78 is 42.9. The van der Waals surface area contributed by atoms with Gasteiger partial charge in [-0.3, -0.25) is 0 Å². The van der Waals surface area contributed by atoms with Gasteiger partial charge >= 0.3 is 0 Å². The Balaban J connectivity index is 2.43. The lowest BCUT2D eigenvalue weighted by Gasteiger charge is -2.37. The van der Waals surface area contributed by atoms with E-state index in [1.165, 1.54) is 30.7 Å². The first kappa shape index (κ1) is 16.1. The predicted octanol–water partition coefficient (Wildman–Crippen LogP) is 1.50. The summed E-state index contributed by atoms with van der Waals surface area (Å²) in [6.45, 7) is 4.48. The molecule has 0 aromatic heterocycles. The molecule has 1 heterocycles. The zero-order valence-corrected chi connectivity index (χ0v) is 13.5. The zero-order chi connectivity index (χ0) is 15.6. The zero-order valence-electron chi connectivity index (χ0n) is 12.7. The highest BCUT2D eigenvalue weighted by Gasteiger charge is 2.36. The van der Waals surface area contributed by atoms with Crippen molar-refractivity contribution in [2.24, 2.45) is 0 Å². The summed E-state index contributed by atoms with van der Waals surface area (Å²) in [5, 5.41) is 0. The first-order valence-electron chi connectivity index (χ1n) is 6.75. The molecule has 0 aliphatic carbocycles. The Hall–Kier alpha value is -1.31. The minimum absolute atomic E-state index is 0.195. The van der Waals surface area contributed by atoms with Crippen LogP contribution in [0.15, 0.2) is 23.1 Å². The third kappa shape index (κ3) is 3.00. The summed E-state index contributed by atoms with van der Waals surface area (Å²) in [7, 11) is -0.608. The molecule has 0 spiro atoms. The Morgan fingerprint density at radius 3 is 2.19 bits per heavy atom. The summed E-state index contributed by atoms with van der Waals surface area (Å²) in [5.41, 5.74) is 0. The first-order valence-corrected chi connectivity index (χ1v) is 8.19. The lowest BCUT2D eigenvalue weighted by atomic mass is 10.2. The van der Waals surface area contributed by atoms with E-state index in [1.807, 2.05) is 13.8 Å². The average Bonchev–Trinajstić information content (AvgIpc) is 2.46. The van der Waals surface area contributed by atoms with Gasteiger partial charge in [-0.05, 0) is 26.0 Å². The average molecular weight is 315 g/mol. The van der Waals surface area contributed by atoms with E-state index < -0.39 is 10.0 Å². The number of hydrogen-bond acceptors (Lipinski definition) is 5. The van der Waals surface area contributed by atoms with E-state index in [2.05, 4.69) is 0 Å². The monoisotopic (exact) mass is 315 g/mol. The van der Waals surface area contributed by atoms with Gasteiger partial charge in [0.05, 0.1) is 32.3 Å². The summed E-state index contributed by atoms with van der Waals surface area (Å²) in [6.07, 6.45) is 0. The maximum atomic E-state index is 12.8. The highest BCUT2D eigenvalue weighted by atomic mass is 32.2. The second-order valence-electron chi connectivity index (χ2n) is 5.09. The van der Waals surface area contributed by atoms with E-state index in [9.17, 15) is 8.42 Å². The fraction of sp³-hybridized carbons (Fsp3) is 0.571. The normalized spacial score (nSPS) is 23.8. The van der Waals surface area contributed by atoms with Crippen LogP contribution < -0.4 is 9.47 Å². The molecule has 1 aliphatic heterocycles. The SMILES string of the molecule is COc1ccc(S(=O)(=O)N2C(C)COCC2C)cc1OC. The Bertz CT molecular complexity index is 591. The van der Waals surface area contributed by atoms with Gasteiger partial charge in [0, 0.05) is 18.2 Å². The van der Waals surface area contributed by atoms with Gasteiger partial charge in [-0.2, -0.15) is 4.31 Å². The van der Waals surface area contributed by atoms with Crippen LogP contribution >= 0.6 is 0 Å². The number of sulfonamides is 1. The van der Waals surface area contributed by atoms with Crippen molar-refractivity contribution in [1.29, 1.82) is 0 Å². The fourth-order valence-corrected chi connectivity index (χ4v) is 4.37. The highest BCUT2D eigenvalue weighted by Crippen LogP contribution is 2.32. The maximum Gasteiger partial charge on any atom is 0.243 e. The van der Waals surface area contributed by atoms with E-state index in [0.29, 0.717) is 24.7 Å². The van der Waals surface area contributed by atoms with Gasteiger partial charge in [-0.25, -0.2) is 8.42 Å². The number of benzene rings is 1. The minimum atomic E-state index is -3.60. The molecule has 1 saturated heterocycles. The van der Waals surface area contributed by atoms with Gasteiger partial charge in [-0.1, -0.05) is 0 Å². The summed E-state index contributed by atoms with van der Waals surface area (Å²) in [6, 6.07) is 4.22. The third-order valence-electron chi connectivity index (χ3n) is 3.52. The lowest BCUT2D eigenvalue weighted by Crippen LogP contribution is -2.52. The van der Waals surface area contributed by atoms with Gasteiger partial charge in [0.25, 0.3) is 0 Å². The van der Waals surface area contributed by atoms with Gasteiger partial charge in [0.15, 0.2) is 11.5 Å². The van der Waals surface area contributed by atoms with Crippen LogP contribution in [0.1, 0.15) is 13.8 Å². The number of methoxy groups -OCH3 is 2. The highest BCUT2D eigenvalue weighted by molar-refractivity contribution is 7.89. The van der Waals surface area contributed by atoms with E-state index >= 15 is 0 Å². The topological polar surface area (TPSA) is 65.1 Å². The van der Waals surface area contributed by atoms with E-state index in [-0.39, 0.29) is 17.0 Å². The molecule has 2 rings (SSSR count). The van der Waals surface area contributed by atoms with Crippen LogP contribution in [0.5, 0.6) is 11.5 Å². The molecule has 6 nitrogen and oxygen atoms in total. The number of rotatable bonds is 4. The van der Waals surface area contributed by atoms with Crippen LogP contribution in [0.2, 0.25) is 0 Å². The molecule has 7 heteroatoms. The van der Waals surface area contributed by atoms with Crippen molar-refractivity contribution in [2.75, 3.05) is 27.4 Å². The molecule has 0 amide bonds. The van der Waals surface area contributed by atoms with Crippen LogP contribution in [-0.4, -0.2) is 52.2 Å². The van der Waals surface area contributed by atoms with Crippen LogP contribution in [0.4, 0.5) is 0 Å². The number of hydrogen-bond donors (Lipinski definition) is 0. The van der Waals surface area contributed by atoms with E-state index in [1.54, 1.807) is 6.07 Å². The minimum Gasteiger partial charge on any atom is -0.493 e. The van der Waals surface area contributed by atoms with Crippen LogP contribution in [0.25, 0.3) is 0 Å². The Morgan fingerprint density at radius 1 is 1.10 bits per heavy atom. The molecule has 1 aromatic rings. The molecule has 0 radical (unpaired) electrons. The second kappa shape index (κ2) is 6.21. The van der Waals surface area contributed by atoms with Gasteiger partial charge in [-0.15, -0.1) is 0 Å². The molecule has 2 unspecified atom stereocenters. The molecule has 0 bridgehead atoms. The number of morpholine rings is 1. The van der Waals surface area contributed by atoms with Crippen LogP contribution in [-0.2, 0) is 14.8 Å². The van der Waals surface area contributed by atoms with Crippen molar-refractivity contribution in [2.45, 2.75) is 30.8 Å². The van der Waals surface area contributed by atoms with Crippen LogP contribution in [0.3, 0.4) is 0 Å².